The molecule has 0 aliphatic carbocycles. The van der Waals surface area contributed by atoms with Gasteiger partial charge in [-0.2, -0.15) is 0 Å². The van der Waals surface area contributed by atoms with Crippen molar-refractivity contribution >= 4 is 5.97 Å². The fourth-order valence-electron chi connectivity index (χ4n) is 2.72. The Hall–Kier alpha value is -2.56. The second-order valence-electron chi connectivity index (χ2n) is 5.99. The number of hydrogen-bond donors (Lipinski definition) is 1. The molecule has 0 amide bonds. The van der Waals surface area contributed by atoms with E-state index in [1.807, 2.05) is 12.1 Å². The van der Waals surface area contributed by atoms with Gasteiger partial charge in [0.05, 0.1) is 18.4 Å². The molecule has 0 unspecified atom stereocenters. The Labute approximate surface area is 128 Å². The van der Waals surface area contributed by atoms with Gasteiger partial charge >= 0.3 is 5.97 Å². The molecule has 22 heavy (non-hydrogen) atoms. The molecule has 0 spiro atoms. The topological polar surface area (TPSA) is 68.7 Å². The Balaban J connectivity index is 2.15. The molecule has 0 radical (unpaired) electrons. The summed E-state index contributed by atoms with van der Waals surface area (Å²) >= 11 is 0. The maximum atomic E-state index is 11.1. The number of fused-ring (bicyclic) bond motifs is 2. The standard InChI is InChI=1S/C17H17NO4/c1-17(2)9-11-5-4-10(16(19)20)8-13(11)22-12-6-7-14(21-3)18-15(12)17/h4-8H,9H2,1-3H3,(H,19,20). The number of pyridine rings is 1. The van der Waals surface area contributed by atoms with Gasteiger partial charge in [-0.1, -0.05) is 19.9 Å². The van der Waals surface area contributed by atoms with Gasteiger partial charge in [-0.05, 0) is 30.2 Å². The van der Waals surface area contributed by atoms with Gasteiger partial charge in [0.15, 0.2) is 0 Å². The predicted octanol–water partition coefficient (Wildman–Crippen LogP) is 3.41. The first-order chi connectivity index (χ1) is 10.4. The van der Waals surface area contributed by atoms with Gasteiger partial charge in [-0.3, -0.25) is 0 Å². The summed E-state index contributed by atoms with van der Waals surface area (Å²) < 4.78 is 11.1. The molecular formula is C17H17NO4. The number of aromatic carboxylic acids is 1. The van der Waals surface area contributed by atoms with Crippen molar-refractivity contribution in [3.63, 3.8) is 0 Å². The number of nitrogens with zero attached hydrogens (tertiary/aromatic N) is 1. The molecule has 1 aromatic carbocycles. The van der Waals surface area contributed by atoms with Crippen LogP contribution >= 0.6 is 0 Å². The van der Waals surface area contributed by atoms with E-state index in [1.165, 1.54) is 0 Å². The van der Waals surface area contributed by atoms with Crippen LogP contribution in [0.15, 0.2) is 30.3 Å². The lowest BCUT2D eigenvalue weighted by molar-refractivity contribution is 0.0696. The van der Waals surface area contributed by atoms with E-state index in [9.17, 15) is 4.79 Å². The molecule has 2 aromatic rings. The molecule has 5 heteroatoms. The molecule has 3 rings (SSSR count). The molecule has 1 aliphatic rings. The number of carboxylic acid groups (broad SMARTS) is 1. The summed E-state index contributed by atoms with van der Waals surface area (Å²) in [6.45, 7) is 4.17. The first kappa shape index (κ1) is 14.4. The number of aromatic nitrogens is 1. The van der Waals surface area contributed by atoms with E-state index in [2.05, 4.69) is 18.8 Å². The molecule has 114 valence electrons. The molecule has 0 atom stereocenters. The van der Waals surface area contributed by atoms with Gasteiger partial charge in [0.25, 0.3) is 0 Å². The lowest BCUT2D eigenvalue weighted by atomic mass is 9.82. The van der Waals surface area contributed by atoms with Crippen LogP contribution in [-0.2, 0) is 11.8 Å². The van der Waals surface area contributed by atoms with Crippen molar-refractivity contribution in [3.05, 3.63) is 47.2 Å². The minimum absolute atomic E-state index is 0.210. The van der Waals surface area contributed by atoms with Crippen LogP contribution in [0.1, 0.15) is 35.5 Å². The minimum atomic E-state index is -0.969. The number of benzene rings is 1. The lowest BCUT2D eigenvalue weighted by Gasteiger charge is -2.23. The zero-order chi connectivity index (χ0) is 15.9. The highest BCUT2D eigenvalue weighted by Gasteiger charge is 2.32. The van der Waals surface area contributed by atoms with Crippen LogP contribution in [0.5, 0.6) is 17.4 Å². The Morgan fingerprint density at radius 1 is 1.27 bits per heavy atom. The van der Waals surface area contributed by atoms with Crippen molar-refractivity contribution in [3.8, 4) is 17.4 Å². The van der Waals surface area contributed by atoms with Crippen molar-refractivity contribution in [2.75, 3.05) is 7.11 Å². The molecule has 1 N–H and O–H groups in total. The second kappa shape index (κ2) is 5.02. The van der Waals surface area contributed by atoms with Gasteiger partial charge in [0.2, 0.25) is 5.88 Å². The smallest absolute Gasteiger partial charge is 0.335 e. The van der Waals surface area contributed by atoms with E-state index < -0.39 is 5.97 Å². The molecule has 1 aromatic heterocycles. The highest BCUT2D eigenvalue weighted by Crippen LogP contribution is 2.42. The zero-order valence-electron chi connectivity index (χ0n) is 12.7. The summed E-state index contributed by atoms with van der Waals surface area (Å²) in [6.07, 6.45) is 0.704. The SMILES string of the molecule is COc1ccc2c(n1)C(C)(C)Cc1ccc(C(=O)O)cc1O2. The number of hydrogen-bond acceptors (Lipinski definition) is 4. The third kappa shape index (κ3) is 2.39. The molecule has 0 fully saturated rings. The Morgan fingerprint density at radius 2 is 2.05 bits per heavy atom. The van der Waals surface area contributed by atoms with E-state index in [0.717, 1.165) is 11.3 Å². The number of methoxy groups -OCH3 is 1. The summed E-state index contributed by atoms with van der Waals surface area (Å²) in [4.78, 5) is 15.7. The van der Waals surface area contributed by atoms with E-state index in [0.29, 0.717) is 23.8 Å². The van der Waals surface area contributed by atoms with Gasteiger partial charge in [-0.15, -0.1) is 0 Å². The molecular weight excluding hydrogens is 282 g/mol. The third-order valence-electron chi connectivity index (χ3n) is 3.85. The summed E-state index contributed by atoms with van der Waals surface area (Å²) in [7, 11) is 1.58. The molecule has 0 saturated carbocycles. The molecule has 5 nitrogen and oxygen atoms in total. The van der Waals surface area contributed by atoms with Crippen molar-refractivity contribution in [2.45, 2.75) is 25.7 Å². The third-order valence-corrected chi connectivity index (χ3v) is 3.85. The van der Waals surface area contributed by atoms with Gasteiger partial charge < -0.3 is 14.6 Å². The van der Waals surface area contributed by atoms with E-state index in [4.69, 9.17) is 14.6 Å². The van der Waals surface area contributed by atoms with Crippen molar-refractivity contribution in [1.82, 2.24) is 4.98 Å². The Bertz CT molecular complexity index is 752. The highest BCUT2D eigenvalue weighted by atomic mass is 16.5. The number of carboxylic acids is 1. The average molecular weight is 299 g/mol. The highest BCUT2D eigenvalue weighted by molar-refractivity contribution is 5.88. The van der Waals surface area contributed by atoms with Crippen molar-refractivity contribution < 1.29 is 19.4 Å². The number of rotatable bonds is 2. The van der Waals surface area contributed by atoms with Gasteiger partial charge in [0.1, 0.15) is 11.5 Å². The molecule has 0 saturated heterocycles. The zero-order valence-corrected chi connectivity index (χ0v) is 12.7. The van der Waals surface area contributed by atoms with Gasteiger partial charge in [0, 0.05) is 11.5 Å². The van der Waals surface area contributed by atoms with Crippen molar-refractivity contribution in [1.29, 1.82) is 0 Å². The number of carbonyl (C=O) groups is 1. The van der Waals surface area contributed by atoms with Crippen LogP contribution in [0, 0.1) is 0 Å². The first-order valence-electron chi connectivity index (χ1n) is 7.00. The van der Waals surface area contributed by atoms with Crippen LogP contribution in [0.2, 0.25) is 0 Å². The fourth-order valence-corrected chi connectivity index (χ4v) is 2.72. The summed E-state index contributed by atoms with van der Waals surface area (Å²) in [5.74, 6) is 0.765. The summed E-state index contributed by atoms with van der Waals surface area (Å²) in [6, 6.07) is 8.52. The van der Waals surface area contributed by atoms with E-state index >= 15 is 0 Å². The van der Waals surface area contributed by atoms with Gasteiger partial charge in [-0.25, -0.2) is 9.78 Å². The largest absolute Gasteiger partial charge is 0.481 e. The summed E-state index contributed by atoms with van der Waals surface area (Å²) in [5.41, 5.74) is 1.73. The quantitative estimate of drug-likeness (QED) is 0.920. The van der Waals surface area contributed by atoms with Crippen LogP contribution in [0.3, 0.4) is 0 Å². The molecule has 1 aliphatic heterocycles. The van der Waals surface area contributed by atoms with E-state index in [1.54, 1.807) is 25.3 Å². The maximum Gasteiger partial charge on any atom is 0.335 e. The van der Waals surface area contributed by atoms with Crippen LogP contribution < -0.4 is 9.47 Å². The number of ether oxygens (including phenoxy) is 2. The van der Waals surface area contributed by atoms with Crippen LogP contribution in [0.25, 0.3) is 0 Å². The second-order valence-corrected chi connectivity index (χ2v) is 5.99. The van der Waals surface area contributed by atoms with Crippen LogP contribution in [-0.4, -0.2) is 23.2 Å². The minimum Gasteiger partial charge on any atom is -0.481 e. The summed E-state index contributed by atoms with van der Waals surface area (Å²) in [5, 5.41) is 9.14. The maximum absolute atomic E-state index is 11.1. The molecule has 2 heterocycles. The normalized spacial score (nSPS) is 15.0. The lowest BCUT2D eigenvalue weighted by Crippen LogP contribution is -2.21. The molecule has 0 bridgehead atoms. The Morgan fingerprint density at radius 3 is 2.73 bits per heavy atom. The monoisotopic (exact) mass is 299 g/mol. The average Bonchev–Trinajstić information content (AvgIpc) is 2.59. The van der Waals surface area contributed by atoms with Crippen LogP contribution in [0.4, 0.5) is 0 Å². The van der Waals surface area contributed by atoms with Crippen molar-refractivity contribution in [2.24, 2.45) is 0 Å². The predicted molar refractivity (Wildman–Crippen MR) is 81.0 cm³/mol. The Kier molecular flexibility index (Phi) is 3.28. The van der Waals surface area contributed by atoms with E-state index in [-0.39, 0.29) is 11.0 Å². The first-order valence-corrected chi connectivity index (χ1v) is 7.00. The fraction of sp³-hybridized carbons (Fsp3) is 0.294.